The summed E-state index contributed by atoms with van der Waals surface area (Å²) in [4.78, 5) is 25.0. The Morgan fingerprint density at radius 1 is 0.897 bits per heavy atom. The third-order valence-electron chi connectivity index (χ3n) is 3.95. The predicted molar refractivity (Wildman–Crippen MR) is 110 cm³/mol. The SMILES string of the molecule is COc1cccc(CN(CC(N)=O)C(=O)c2ccccc2)c1F.c1ccccc1. The van der Waals surface area contributed by atoms with Crippen molar-refractivity contribution in [2.45, 2.75) is 6.54 Å². The molecule has 3 aromatic rings. The molecule has 0 unspecified atom stereocenters. The van der Waals surface area contributed by atoms with Gasteiger partial charge in [0, 0.05) is 17.7 Å². The Balaban J connectivity index is 0.000000426. The number of rotatable bonds is 6. The molecule has 0 radical (unpaired) electrons. The Hall–Kier alpha value is -3.67. The summed E-state index contributed by atoms with van der Waals surface area (Å²) in [5.41, 5.74) is 5.85. The molecule has 0 aromatic heterocycles. The van der Waals surface area contributed by atoms with E-state index in [1.165, 1.54) is 24.1 Å². The monoisotopic (exact) mass is 394 g/mol. The summed E-state index contributed by atoms with van der Waals surface area (Å²) in [6.07, 6.45) is 0. The molecule has 0 aliphatic heterocycles. The van der Waals surface area contributed by atoms with Gasteiger partial charge in [-0.1, -0.05) is 66.7 Å². The quantitative estimate of drug-likeness (QED) is 0.694. The smallest absolute Gasteiger partial charge is 0.254 e. The fourth-order valence-electron chi connectivity index (χ4n) is 2.58. The lowest BCUT2D eigenvalue weighted by molar-refractivity contribution is -0.118. The molecule has 0 heterocycles. The summed E-state index contributed by atoms with van der Waals surface area (Å²) in [5.74, 6) is -1.55. The molecule has 5 nitrogen and oxygen atoms in total. The molecule has 0 fully saturated rings. The number of halogens is 1. The molecule has 0 saturated carbocycles. The van der Waals surface area contributed by atoms with Crippen molar-refractivity contribution in [1.29, 1.82) is 0 Å². The first kappa shape index (κ1) is 21.6. The van der Waals surface area contributed by atoms with Gasteiger partial charge in [-0.15, -0.1) is 0 Å². The van der Waals surface area contributed by atoms with Crippen LogP contribution in [0.15, 0.2) is 84.9 Å². The summed E-state index contributed by atoms with van der Waals surface area (Å²) in [6, 6.07) is 25.1. The highest BCUT2D eigenvalue weighted by Crippen LogP contribution is 2.21. The van der Waals surface area contributed by atoms with Crippen LogP contribution in [0.2, 0.25) is 0 Å². The third-order valence-corrected chi connectivity index (χ3v) is 3.95. The zero-order chi connectivity index (χ0) is 21.1. The van der Waals surface area contributed by atoms with E-state index in [0.717, 1.165) is 0 Å². The zero-order valence-corrected chi connectivity index (χ0v) is 16.1. The summed E-state index contributed by atoms with van der Waals surface area (Å²) in [7, 11) is 1.36. The first-order valence-corrected chi connectivity index (χ1v) is 8.97. The van der Waals surface area contributed by atoms with Gasteiger partial charge in [-0.2, -0.15) is 0 Å². The number of methoxy groups -OCH3 is 1. The molecule has 0 aliphatic carbocycles. The second-order valence-corrected chi connectivity index (χ2v) is 6.08. The van der Waals surface area contributed by atoms with Crippen LogP contribution in [0.5, 0.6) is 5.75 Å². The molecule has 2 amide bonds. The zero-order valence-electron chi connectivity index (χ0n) is 16.1. The maximum Gasteiger partial charge on any atom is 0.254 e. The first-order valence-electron chi connectivity index (χ1n) is 8.97. The highest BCUT2D eigenvalue weighted by Gasteiger charge is 2.20. The van der Waals surface area contributed by atoms with Crippen molar-refractivity contribution < 1.29 is 18.7 Å². The third kappa shape index (κ3) is 6.77. The van der Waals surface area contributed by atoms with E-state index in [-0.39, 0.29) is 24.4 Å². The van der Waals surface area contributed by atoms with Crippen molar-refractivity contribution in [2.24, 2.45) is 5.73 Å². The molecule has 3 rings (SSSR count). The highest BCUT2D eigenvalue weighted by atomic mass is 19.1. The fourth-order valence-corrected chi connectivity index (χ4v) is 2.58. The average molecular weight is 394 g/mol. The first-order chi connectivity index (χ1) is 14.0. The number of nitrogens with zero attached hydrogens (tertiary/aromatic N) is 1. The van der Waals surface area contributed by atoms with Gasteiger partial charge in [-0.25, -0.2) is 4.39 Å². The van der Waals surface area contributed by atoms with E-state index < -0.39 is 17.6 Å². The standard InChI is InChI=1S/C17H17FN2O3.C6H6/c1-23-14-9-5-8-13(16(14)18)10-20(11-15(19)21)17(22)12-6-3-2-4-7-12;1-2-4-6-5-3-1/h2-9H,10-11H2,1H3,(H2,19,21);1-6H. The van der Waals surface area contributed by atoms with Gasteiger partial charge >= 0.3 is 0 Å². The predicted octanol–water partition coefficient (Wildman–Crippen LogP) is 3.65. The molecule has 0 bridgehead atoms. The van der Waals surface area contributed by atoms with Gasteiger partial charge in [0.05, 0.1) is 13.7 Å². The molecular formula is C23H23FN2O3. The topological polar surface area (TPSA) is 72.6 Å². The van der Waals surface area contributed by atoms with Gasteiger partial charge in [-0.3, -0.25) is 9.59 Å². The molecular weight excluding hydrogens is 371 g/mol. The molecule has 0 saturated heterocycles. The number of carbonyl (C=O) groups is 2. The molecule has 2 N–H and O–H groups in total. The Morgan fingerprint density at radius 2 is 1.45 bits per heavy atom. The normalized spacial score (nSPS) is 9.72. The van der Waals surface area contributed by atoms with E-state index in [4.69, 9.17) is 10.5 Å². The van der Waals surface area contributed by atoms with Crippen LogP contribution in [0.1, 0.15) is 15.9 Å². The Bertz CT molecular complexity index is 891. The second-order valence-electron chi connectivity index (χ2n) is 6.08. The van der Waals surface area contributed by atoms with Gasteiger partial charge in [0.1, 0.15) is 0 Å². The van der Waals surface area contributed by atoms with Crippen LogP contribution < -0.4 is 10.5 Å². The van der Waals surface area contributed by atoms with Crippen molar-refractivity contribution in [2.75, 3.05) is 13.7 Å². The molecule has 3 aromatic carbocycles. The average Bonchev–Trinajstić information content (AvgIpc) is 2.76. The number of benzene rings is 3. The number of ether oxygens (including phenoxy) is 1. The minimum Gasteiger partial charge on any atom is -0.494 e. The van der Waals surface area contributed by atoms with Gasteiger partial charge in [0.15, 0.2) is 11.6 Å². The van der Waals surface area contributed by atoms with Crippen molar-refractivity contribution in [3.8, 4) is 5.75 Å². The summed E-state index contributed by atoms with van der Waals surface area (Å²) in [5, 5.41) is 0. The Kier molecular flexibility index (Phi) is 8.38. The number of hydrogen-bond acceptors (Lipinski definition) is 3. The molecule has 0 atom stereocenters. The van der Waals surface area contributed by atoms with Crippen LogP contribution >= 0.6 is 0 Å². The van der Waals surface area contributed by atoms with E-state index >= 15 is 0 Å². The molecule has 6 heteroatoms. The van der Waals surface area contributed by atoms with Crippen molar-refractivity contribution in [1.82, 2.24) is 4.90 Å². The number of hydrogen-bond donors (Lipinski definition) is 1. The highest BCUT2D eigenvalue weighted by molar-refractivity contribution is 5.96. The lowest BCUT2D eigenvalue weighted by Gasteiger charge is -2.22. The molecule has 29 heavy (non-hydrogen) atoms. The lowest BCUT2D eigenvalue weighted by Crippen LogP contribution is -2.38. The Labute approximate surface area is 169 Å². The van der Waals surface area contributed by atoms with Crippen LogP contribution in [0.4, 0.5) is 4.39 Å². The minimum absolute atomic E-state index is 0.0775. The molecule has 0 aliphatic rings. The molecule has 0 spiro atoms. The second kappa shape index (κ2) is 11.2. The fraction of sp³-hybridized carbons (Fsp3) is 0.130. The van der Waals surface area contributed by atoms with Gasteiger partial charge in [0.25, 0.3) is 5.91 Å². The maximum atomic E-state index is 14.3. The Morgan fingerprint density at radius 3 is 1.97 bits per heavy atom. The number of primary amides is 1. The van der Waals surface area contributed by atoms with Crippen LogP contribution in [0.3, 0.4) is 0 Å². The van der Waals surface area contributed by atoms with E-state index in [1.54, 1.807) is 36.4 Å². The molecule has 150 valence electrons. The van der Waals surface area contributed by atoms with Crippen molar-refractivity contribution in [3.05, 3.63) is 102 Å². The van der Waals surface area contributed by atoms with Crippen LogP contribution in [-0.4, -0.2) is 30.4 Å². The largest absolute Gasteiger partial charge is 0.494 e. The number of amides is 2. The van der Waals surface area contributed by atoms with Gasteiger partial charge < -0.3 is 15.4 Å². The lowest BCUT2D eigenvalue weighted by atomic mass is 10.1. The van der Waals surface area contributed by atoms with E-state index in [9.17, 15) is 14.0 Å². The summed E-state index contributed by atoms with van der Waals surface area (Å²) < 4.78 is 19.2. The summed E-state index contributed by atoms with van der Waals surface area (Å²) in [6.45, 7) is -0.385. The van der Waals surface area contributed by atoms with Crippen LogP contribution in [0.25, 0.3) is 0 Å². The number of nitrogens with two attached hydrogens (primary N) is 1. The van der Waals surface area contributed by atoms with Gasteiger partial charge in [-0.05, 0) is 18.2 Å². The van der Waals surface area contributed by atoms with Crippen molar-refractivity contribution >= 4 is 11.8 Å². The van der Waals surface area contributed by atoms with E-state index in [1.807, 2.05) is 36.4 Å². The summed E-state index contributed by atoms with van der Waals surface area (Å²) >= 11 is 0. The van der Waals surface area contributed by atoms with Gasteiger partial charge in [0.2, 0.25) is 5.91 Å². The van der Waals surface area contributed by atoms with Crippen LogP contribution in [-0.2, 0) is 11.3 Å². The van der Waals surface area contributed by atoms with E-state index in [2.05, 4.69) is 0 Å². The minimum atomic E-state index is -0.669. The van der Waals surface area contributed by atoms with Crippen LogP contribution in [0, 0.1) is 5.82 Å². The maximum absolute atomic E-state index is 14.3. The number of carbonyl (C=O) groups excluding carboxylic acids is 2. The van der Waals surface area contributed by atoms with Crippen molar-refractivity contribution in [3.63, 3.8) is 0 Å². The van der Waals surface area contributed by atoms with E-state index in [0.29, 0.717) is 5.56 Å².